The molecule has 0 atom stereocenters. The van der Waals surface area contributed by atoms with E-state index < -0.39 is 5.82 Å². The third-order valence-electron chi connectivity index (χ3n) is 4.54. The van der Waals surface area contributed by atoms with Gasteiger partial charge in [0.1, 0.15) is 5.82 Å². The molecule has 3 rings (SSSR count). The number of hydrogen-bond acceptors (Lipinski definition) is 4. The second-order valence-corrected chi connectivity index (χ2v) is 7.51. The van der Waals surface area contributed by atoms with E-state index in [4.69, 9.17) is 11.6 Å². The molecule has 1 saturated carbocycles. The Morgan fingerprint density at radius 2 is 1.83 bits per heavy atom. The average Bonchev–Trinajstić information content (AvgIpc) is 2.64. The van der Waals surface area contributed by atoms with Crippen molar-refractivity contribution in [2.75, 3.05) is 5.32 Å². The maximum Gasteiger partial charge on any atom is 0.321 e. The molecule has 1 aliphatic rings. The van der Waals surface area contributed by atoms with Crippen molar-refractivity contribution in [2.24, 2.45) is 4.99 Å². The van der Waals surface area contributed by atoms with E-state index in [9.17, 15) is 9.18 Å². The smallest absolute Gasteiger partial charge is 0.321 e. The Morgan fingerprint density at radius 1 is 1.14 bits per heavy atom. The van der Waals surface area contributed by atoms with Gasteiger partial charge in [0.2, 0.25) is 5.96 Å². The number of anilines is 1. The number of amides is 2. The average molecular weight is 419 g/mol. The van der Waals surface area contributed by atoms with E-state index in [1.54, 1.807) is 0 Å². The zero-order valence-corrected chi connectivity index (χ0v) is 17.2. The minimum Gasteiger partial charge on any atom is -0.335 e. The van der Waals surface area contributed by atoms with Crippen LogP contribution in [0, 0.1) is 19.7 Å². The van der Waals surface area contributed by atoms with Gasteiger partial charge in [-0.05, 0) is 51.0 Å². The molecule has 1 fully saturated rings. The van der Waals surface area contributed by atoms with Crippen LogP contribution in [-0.2, 0) is 0 Å². The maximum atomic E-state index is 13.5. The summed E-state index contributed by atoms with van der Waals surface area (Å²) in [5.74, 6) is -0.210. The van der Waals surface area contributed by atoms with Crippen molar-refractivity contribution >= 4 is 35.2 Å². The molecule has 1 aliphatic carbocycles. The van der Waals surface area contributed by atoms with Crippen LogP contribution >= 0.6 is 11.6 Å². The van der Waals surface area contributed by atoms with Gasteiger partial charge in [-0.25, -0.2) is 19.2 Å². The Labute approximate surface area is 174 Å². The second-order valence-electron chi connectivity index (χ2n) is 7.10. The number of nitrogens with zero attached hydrogens (tertiary/aromatic N) is 3. The number of carbonyl (C=O) groups is 1. The van der Waals surface area contributed by atoms with Crippen LogP contribution in [0.25, 0.3) is 0 Å². The normalized spacial score (nSPS) is 15.1. The number of nitrogens with one attached hydrogen (secondary N) is 3. The van der Waals surface area contributed by atoms with E-state index in [-0.39, 0.29) is 29.0 Å². The summed E-state index contributed by atoms with van der Waals surface area (Å²) in [6.07, 6.45) is 5.33. The summed E-state index contributed by atoms with van der Waals surface area (Å²) in [5, 5.41) is 8.58. The minimum absolute atomic E-state index is 0.0383. The molecule has 0 unspecified atom stereocenters. The summed E-state index contributed by atoms with van der Waals surface area (Å²) in [7, 11) is 0. The van der Waals surface area contributed by atoms with Gasteiger partial charge in [0.15, 0.2) is 0 Å². The van der Waals surface area contributed by atoms with Crippen LogP contribution in [0.15, 0.2) is 29.3 Å². The molecule has 1 heterocycles. The number of benzene rings is 1. The highest BCUT2D eigenvalue weighted by Gasteiger charge is 2.17. The van der Waals surface area contributed by atoms with Crippen LogP contribution in [0.1, 0.15) is 43.5 Å². The fraction of sp³-hybridized carbons (Fsp3) is 0.400. The summed E-state index contributed by atoms with van der Waals surface area (Å²) in [6.45, 7) is 3.67. The lowest BCUT2D eigenvalue weighted by molar-refractivity contribution is 0.237. The molecule has 0 spiro atoms. The summed E-state index contributed by atoms with van der Waals surface area (Å²) in [4.78, 5) is 25.4. The highest BCUT2D eigenvalue weighted by molar-refractivity contribution is 6.31. The first-order valence-corrected chi connectivity index (χ1v) is 9.97. The van der Waals surface area contributed by atoms with Crippen LogP contribution in [-0.4, -0.2) is 28.0 Å². The van der Waals surface area contributed by atoms with Crippen LogP contribution in [0.2, 0.25) is 5.02 Å². The molecule has 7 nitrogen and oxygen atoms in total. The van der Waals surface area contributed by atoms with Crippen molar-refractivity contribution in [1.29, 1.82) is 0 Å². The molecule has 3 N–H and O–H groups in total. The molecule has 0 aliphatic heterocycles. The summed E-state index contributed by atoms with van der Waals surface area (Å²) < 4.78 is 13.5. The van der Waals surface area contributed by atoms with E-state index in [0.717, 1.165) is 37.1 Å². The summed E-state index contributed by atoms with van der Waals surface area (Å²) >= 11 is 5.85. The standard InChI is InChI=1S/C20H24ClFN6O/c1-12-10-13(2)24-18(23-12)27-19(25-15-8-9-17(22)16(21)11-15)28-20(29)26-14-6-4-3-5-7-14/h8-11,14H,3-7H2,1-2H3,(H3,23,24,25,26,27,28,29). The largest absolute Gasteiger partial charge is 0.335 e. The van der Waals surface area contributed by atoms with Gasteiger partial charge in [-0.2, -0.15) is 4.99 Å². The van der Waals surface area contributed by atoms with Crippen molar-refractivity contribution in [1.82, 2.24) is 20.6 Å². The number of carbonyl (C=O) groups excluding carboxylic acids is 1. The fourth-order valence-electron chi connectivity index (χ4n) is 3.23. The minimum atomic E-state index is -0.531. The monoisotopic (exact) mass is 418 g/mol. The highest BCUT2D eigenvalue weighted by Crippen LogP contribution is 2.20. The lowest BCUT2D eigenvalue weighted by atomic mass is 9.96. The maximum absolute atomic E-state index is 13.5. The first kappa shape index (κ1) is 21.0. The van der Waals surface area contributed by atoms with Crippen molar-refractivity contribution < 1.29 is 9.18 Å². The topological polar surface area (TPSA) is 91.3 Å². The molecule has 2 amide bonds. The van der Waals surface area contributed by atoms with E-state index >= 15 is 0 Å². The van der Waals surface area contributed by atoms with E-state index in [2.05, 4.69) is 30.9 Å². The molecule has 2 aromatic rings. The number of urea groups is 1. The predicted molar refractivity (Wildman–Crippen MR) is 112 cm³/mol. The molecule has 29 heavy (non-hydrogen) atoms. The molecule has 0 bridgehead atoms. The van der Waals surface area contributed by atoms with Crippen molar-refractivity contribution in [3.05, 3.63) is 46.5 Å². The third-order valence-corrected chi connectivity index (χ3v) is 4.83. The molecule has 154 valence electrons. The van der Waals surface area contributed by atoms with Crippen LogP contribution in [0.5, 0.6) is 0 Å². The number of rotatable bonds is 3. The van der Waals surface area contributed by atoms with Crippen LogP contribution < -0.4 is 16.0 Å². The van der Waals surface area contributed by atoms with Crippen molar-refractivity contribution in [3.8, 4) is 0 Å². The Balaban J connectivity index is 1.80. The number of aliphatic imine (C=N–C) groups is 1. The molecule has 0 radical (unpaired) electrons. The highest BCUT2D eigenvalue weighted by atomic mass is 35.5. The number of guanidine groups is 1. The lowest BCUT2D eigenvalue weighted by Gasteiger charge is -2.23. The number of hydrogen-bond donors (Lipinski definition) is 3. The van der Waals surface area contributed by atoms with Gasteiger partial charge in [-0.3, -0.25) is 5.32 Å². The van der Waals surface area contributed by atoms with Gasteiger partial charge in [0.05, 0.1) is 5.02 Å². The lowest BCUT2D eigenvalue weighted by Crippen LogP contribution is -2.47. The van der Waals surface area contributed by atoms with Gasteiger partial charge < -0.3 is 10.6 Å². The third kappa shape index (κ3) is 6.39. The quantitative estimate of drug-likeness (QED) is 0.501. The first-order chi connectivity index (χ1) is 13.9. The Bertz CT molecular complexity index is 894. The molecule has 1 aromatic heterocycles. The van der Waals surface area contributed by atoms with Crippen LogP contribution in [0.3, 0.4) is 0 Å². The van der Waals surface area contributed by atoms with E-state index in [1.807, 2.05) is 19.9 Å². The Hall–Kier alpha value is -2.74. The summed E-state index contributed by atoms with van der Waals surface area (Å²) in [6, 6.07) is 5.74. The Morgan fingerprint density at radius 3 is 2.48 bits per heavy atom. The van der Waals surface area contributed by atoms with Crippen LogP contribution in [0.4, 0.5) is 20.8 Å². The molecule has 0 saturated heterocycles. The van der Waals surface area contributed by atoms with Crippen molar-refractivity contribution in [3.63, 3.8) is 0 Å². The van der Waals surface area contributed by atoms with E-state index in [0.29, 0.717) is 5.69 Å². The van der Waals surface area contributed by atoms with Crippen molar-refractivity contribution in [2.45, 2.75) is 52.0 Å². The SMILES string of the molecule is Cc1cc(C)nc(/N=C(/NC(=O)NC2CCCCC2)Nc2ccc(F)c(Cl)c2)n1. The van der Waals surface area contributed by atoms with Gasteiger partial charge >= 0.3 is 6.03 Å². The Kier molecular flexibility index (Phi) is 6.98. The van der Waals surface area contributed by atoms with Gasteiger partial charge in [0, 0.05) is 23.1 Å². The second kappa shape index (κ2) is 9.65. The molecule has 1 aromatic carbocycles. The first-order valence-electron chi connectivity index (χ1n) is 9.59. The zero-order chi connectivity index (χ0) is 20.8. The van der Waals surface area contributed by atoms with E-state index in [1.165, 1.54) is 24.6 Å². The van der Waals surface area contributed by atoms with Gasteiger partial charge in [-0.1, -0.05) is 30.9 Å². The number of aromatic nitrogens is 2. The molecular formula is C20H24ClFN6O. The summed E-state index contributed by atoms with van der Waals surface area (Å²) in [5.41, 5.74) is 1.98. The predicted octanol–water partition coefficient (Wildman–Crippen LogP) is 4.62. The fourth-order valence-corrected chi connectivity index (χ4v) is 3.41. The number of halogens is 2. The van der Waals surface area contributed by atoms with Gasteiger partial charge in [0.25, 0.3) is 5.95 Å². The van der Waals surface area contributed by atoms with Gasteiger partial charge in [-0.15, -0.1) is 0 Å². The molecular weight excluding hydrogens is 395 g/mol. The number of aryl methyl sites for hydroxylation is 2. The zero-order valence-electron chi connectivity index (χ0n) is 16.4. The molecule has 9 heteroatoms.